The number of carboxylic acid groups (broad SMARTS) is 1. The Kier molecular flexibility index (Phi) is 4.84. The van der Waals surface area contributed by atoms with E-state index in [4.69, 9.17) is 5.11 Å². The van der Waals surface area contributed by atoms with Crippen molar-refractivity contribution in [3.8, 4) is 0 Å². The van der Waals surface area contributed by atoms with Gasteiger partial charge in [-0.15, -0.1) is 0 Å². The van der Waals surface area contributed by atoms with Gasteiger partial charge in [0.2, 0.25) is 0 Å². The van der Waals surface area contributed by atoms with Crippen LogP contribution in [0.2, 0.25) is 0 Å². The highest BCUT2D eigenvalue weighted by Gasteiger charge is 2.13. The molecule has 5 rings (SSSR count). The second-order valence-electron chi connectivity index (χ2n) is 6.83. The van der Waals surface area contributed by atoms with E-state index in [0.717, 1.165) is 0 Å². The molecule has 0 saturated heterocycles. The molecule has 0 radical (unpaired) electrons. The number of hydrogen-bond donors (Lipinski definition) is 1. The Balaban J connectivity index is 0.000000170. The highest BCUT2D eigenvalue weighted by atomic mass is 16.4. The lowest BCUT2D eigenvalue weighted by Gasteiger charge is -2.18. The van der Waals surface area contributed by atoms with Crippen molar-refractivity contribution in [2.24, 2.45) is 0 Å². The normalized spacial score (nSPS) is 12.9. The molecule has 1 aliphatic carbocycles. The molecule has 1 N–H and O–H groups in total. The highest BCUT2D eigenvalue weighted by Crippen LogP contribution is 2.33. The number of nitrogens with zero attached hydrogens (tertiary/aromatic N) is 1. The summed E-state index contributed by atoms with van der Waals surface area (Å²) in [6, 6.07) is 20.9. The number of aromatic carboxylic acids is 1. The van der Waals surface area contributed by atoms with Gasteiger partial charge in [0, 0.05) is 12.4 Å². The van der Waals surface area contributed by atoms with Crippen LogP contribution in [0.4, 0.5) is 0 Å². The zero-order chi connectivity index (χ0) is 18.6. The Labute approximate surface area is 158 Å². The fourth-order valence-corrected chi connectivity index (χ4v) is 3.84. The standard InChI is InChI=1S/C18H16.C6H5NO2/c1-3-7-15-13(5-1)9-11-18-16-8-4-2-6-14(16)10-12-17(15)18;8-6(9)5-1-3-7-4-2-5/h1,3,5,7,9-12H,2,4,6,8H2;1-4H,(H,8,9). The van der Waals surface area contributed by atoms with Crippen molar-refractivity contribution >= 4 is 27.5 Å². The summed E-state index contributed by atoms with van der Waals surface area (Å²) in [5, 5.41) is 14.0. The van der Waals surface area contributed by atoms with Gasteiger partial charge in [-0.05, 0) is 70.5 Å². The molecule has 3 nitrogen and oxygen atoms in total. The maximum absolute atomic E-state index is 10.2. The van der Waals surface area contributed by atoms with Crippen LogP contribution in [-0.4, -0.2) is 16.1 Å². The molecule has 0 saturated carbocycles. The molecule has 0 aliphatic heterocycles. The van der Waals surface area contributed by atoms with Gasteiger partial charge in [0.15, 0.2) is 0 Å². The number of fused-ring (bicyclic) bond motifs is 5. The molecule has 134 valence electrons. The van der Waals surface area contributed by atoms with Crippen molar-refractivity contribution in [2.45, 2.75) is 25.7 Å². The molecule has 0 amide bonds. The van der Waals surface area contributed by atoms with Crippen molar-refractivity contribution in [1.82, 2.24) is 4.98 Å². The molecule has 3 heteroatoms. The van der Waals surface area contributed by atoms with Gasteiger partial charge in [-0.25, -0.2) is 4.79 Å². The van der Waals surface area contributed by atoms with Crippen LogP contribution in [0.3, 0.4) is 0 Å². The highest BCUT2D eigenvalue weighted by molar-refractivity contribution is 6.08. The van der Waals surface area contributed by atoms with Gasteiger partial charge in [-0.3, -0.25) is 4.98 Å². The van der Waals surface area contributed by atoms with Crippen molar-refractivity contribution < 1.29 is 9.90 Å². The first-order chi connectivity index (χ1) is 13.2. The number of hydrogen-bond acceptors (Lipinski definition) is 2. The van der Waals surface area contributed by atoms with E-state index in [-0.39, 0.29) is 5.56 Å². The second-order valence-corrected chi connectivity index (χ2v) is 6.83. The fraction of sp³-hybridized carbons (Fsp3) is 0.167. The summed E-state index contributed by atoms with van der Waals surface area (Å²) in [6.07, 6.45) is 8.11. The third-order valence-corrected chi connectivity index (χ3v) is 5.18. The van der Waals surface area contributed by atoms with E-state index in [1.165, 1.54) is 71.8 Å². The smallest absolute Gasteiger partial charge is 0.335 e. The van der Waals surface area contributed by atoms with E-state index in [1.807, 2.05) is 0 Å². The molecule has 0 unspecified atom stereocenters. The van der Waals surface area contributed by atoms with Gasteiger partial charge < -0.3 is 5.11 Å². The maximum Gasteiger partial charge on any atom is 0.335 e. The first-order valence-electron chi connectivity index (χ1n) is 9.29. The summed E-state index contributed by atoms with van der Waals surface area (Å²) < 4.78 is 0. The second kappa shape index (κ2) is 7.58. The SMILES string of the molecule is O=C(O)c1ccncc1.c1ccc2c(c1)ccc1c3c(ccc12)CCCC3. The van der Waals surface area contributed by atoms with Crippen LogP contribution in [0.1, 0.15) is 34.3 Å². The zero-order valence-corrected chi connectivity index (χ0v) is 15.1. The molecule has 1 aromatic heterocycles. The molecular weight excluding hydrogens is 334 g/mol. The van der Waals surface area contributed by atoms with Gasteiger partial charge >= 0.3 is 5.97 Å². The molecule has 4 aromatic rings. The third-order valence-electron chi connectivity index (χ3n) is 5.18. The molecule has 27 heavy (non-hydrogen) atoms. The molecular formula is C24H21NO2. The topological polar surface area (TPSA) is 50.2 Å². The fourth-order valence-electron chi connectivity index (χ4n) is 3.84. The van der Waals surface area contributed by atoms with Crippen molar-refractivity contribution in [1.29, 1.82) is 0 Å². The predicted octanol–water partition coefficient (Wildman–Crippen LogP) is 5.65. The molecule has 0 fully saturated rings. The summed E-state index contributed by atoms with van der Waals surface area (Å²) in [5.41, 5.74) is 3.44. The summed E-state index contributed by atoms with van der Waals surface area (Å²) in [5.74, 6) is -0.919. The van der Waals surface area contributed by atoms with E-state index in [1.54, 1.807) is 11.1 Å². The van der Waals surface area contributed by atoms with Crippen LogP contribution < -0.4 is 0 Å². The number of aryl methyl sites for hydroxylation is 2. The van der Waals surface area contributed by atoms with E-state index in [2.05, 4.69) is 53.5 Å². The minimum atomic E-state index is -0.919. The van der Waals surface area contributed by atoms with Crippen LogP contribution in [0, 0.1) is 0 Å². The summed E-state index contributed by atoms with van der Waals surface area (Å²) in [6.45, 7) is 0. The van der Waals surface area contributed by atoms with Crippen molar-refractivity contribution in [2.75, 3.05) is 0 Å². The van der Waals surface area contributed by atoms with E-state index in [9.17, 15) is 4.79 Å². The minimum Gasteiger partial charge on any atom is -0.478 e. The first kappa shape index (κ1) is 17.2. The van der Waals surface area contributed by atoms with Crippen LogP contribution in [0.25, 0.3) is 21.5 Å². The molecule has 1 aliphatic rings. The summed E-state index contributed by atoms with van der Waals surface area (Å²) in [7, 11) is 0. The van der Waals surface area contributed by atoms with Crippen LogP contribution in [-0.2, 0) is 12.8 Å². The van der Waals surface area contributed by atoms with E-state index >= 15 is 0 Å². The lowest BCUT2D eigenvalue weighted by Crippen LogP contribution is -2.02. The van der Waals surface area contributed by atoms with Crippen LogP contribution in [0.5, 0.6) is 0 Å². The van der Waals surface area contributed by atoms with Crippen LogP contribution in [0.15, 0.2) is 73.1 Å². The Bertz CT molecular complexity index is 1100. The Hall–Kier alpha value is -3.20. The number of rotatable bonds is 1. The molecule has 3 aromatic carbocycles. The first-order valence-corrected chi connectivity index (χ1v) is 9.29. The Morgan fingerprint density at radius 2 is 1.52 bits per heavy atom. The van der Waals surface area contributed by atoms with Crippen LogP contribution >= 0.6 is 0 Å². The van der Waals surface area contributed by atoms with Gasteiger partial charge in [0.25, 0.3) is 0 Å². The number of carbonyl (C=O) groups is 1. The lowest BCUT2D eigenvalue weighted by molar-refractivity contribution is 0.0696. The van der Waals surface area contributed by atoms with Gasteiger partial charge in [0.05, 0.1) is 5.56 Å². The Morgan fingerprint density at radius 1 is 0.778 bits per heavy atom. The van der Waals surface area contributed by atoms with Gasteiger partial charge in [-0.2, -0.15) is 0 Å². The van der Waals surface area contributed by atoms with Crippen molar-refractivity contribution in [3.63, 3.8) is 0 Å². The average molecular weight is 355 g/mol. The number of pyridine rings is 1. The Morgan fingerprint density at radius 3 is 2.30 bits per heavy atom. The number of aromatic nitrogens is 1. The number of carboxylic acids is 1. The molecule has 0 atom stereocenters. The predicted molar refractivity (Wildman–Crippen MR) is 109 cm³/mol. The van der Waals surface area contributed by atoms with Crippen molar-refractivity contribution in [3.05, 3.63) is 89.7 Å². The quantitative estimate of drug-likeness (QED) is 0.449. The minimum absolute atomic E-state index is 0.269. The van der Waals surface area contributed by atoms with E-state index in [0.29, 0.717) is 0 Å². The molecule has 0 bridgehead atoms. The largest absolute Gasteiger partial charge is 0.478 e. The third kappa shape index (κ3) is 3.54. The zero-order valence-electron chi connectivity index (χ0n) is 15.1. The lowest BCUT2D eigenvalue weighted by atomic mass is 9.86. The monoisotopic (exact) mass is 355 g/mol. The summed E-state index contributed by atoms with van der Waals surface area (Å²) in [4.78, 5) is 13.8. The van der Waals surface area contributed by atoms with E-state index < -0.39 is 5.97 Å². The van der Waals surface area contributed by atoms with Gasteiger partial charge in [-0.1, -0.05) is 48.5 Å². The number of benzene rings is 3. The molecule has 0 spiro atoms. The molecule has 1 heterocycles. The summed E-state index contributed by atoms with van der Waals surface area (Å²) >= 11 is 0. The van der Waals surface area contributed by atoms with Gasteiger partial charge in [0.1, 0.15) is 0 Å². The maximum atomic E-state index is 10.2. The average Bonchev–Trinajstić information content (AvgIpc) is 2.74.